The fraction of sp³-hybridized carbons (Fsp3) is 0.560. The van der Waals surface area contributed by atoms with Crippen LogP contribution in [0.25, 0.3) is 0 Å². The molecule has 1 aromatic heterocycles. The second-order valence-corrected chi connectivity index (χ2v) is 9.02. The molecule has 4 rings (SSSR count). The number of nitrogens with zero attached hydrogens (tertiary/aromatic N) is 5. The summed E-state index contributed by atoms with van der Waals surface area (Å²) < 4.78 is 5.30. The van der Waals surface area contributed by atoms with Gasteiger partial charge < -0.3 is 19.4 Å². The molecule has 1 fully saturated rings. The number of methoxy groups -OCH3 is 1. The number of aromatic nitrogens is 2. The van der Waals surface area contributed by atoms with Crippen molar-refractivity contribution in [1.29, 1.82) is 0 Å². The van der Waals surface area contributed by atoms with Gasteiger partial charge in [-0.05, 0) is 44.7 Å². The van der Waals surface area contributed by atoms with Crippen LogP contribution in [0.5, 0.6) is 5.75 Å². The van der Waals surface area contributed by atoms with Crippen molar-refractivity contribution >= 4 is 17.4 Å². The van der Waals surface area contributed by atoms with Gasteiger partial charge in [0, 0.05) is 75.6 Å². The zero-order valence-corrected chi connectivity index (χ0v) is 19.8. The van der Waals surface area contributed by atoms with Crippen molar-refractivity contribution in [2.45, 2.75) is 44.9 Å². The molecule has 1 aromatic carbocycles. The Morgan fingerprint density at radius 1 is 1.22 bits per heavy atom. The summed E-state index contributed by atoms with van der Waals surface area (Å²) >= 11 is 0. The highest BCUT2D eigenvalue weighted by molar-refractivity contribution is 5.77. The fourth-order valence-corrected chi connectivity index (χ4v) is 4.78. The van der Waals surface area contributed by atoms with E-state index in [4.69, 9.17) is 14.7 Å². The first-order valence-electron chi connectivity index (χ1n) is 11.7. The summed E-state index contributed by atoms with van der Waals surface area (Å²) in [6.07, 6.45) is 4.61. The Hall–Kier alpha value is -2.83. The van der Waals surface area contributed by atoms with Gasteiger partial charge in [-0.1, -0.05) is 6.07 Å². The summed E-state index contributed by atoms with van der Waals surface area (Å²) in [6, 6.07) is 7.93. The van der Waals surface area contributed by atoms with Crippen molar-refractivity contribution in [3.63, 3.8) is 0 Å². The van der Waals surface area contributed by atoms with Crippen molar-refractivity contribution < 1.29 is 9.53 Å². The minimum Gasteiger partial charge on any atom is -0.497 e. The van der Waals surface area contributed by atoms with E-state index in [0.717, 1.165) is 67.7 Å². The fourth-order valence-electron chi connectivity index (χ4n) is 4.78. The number of piperidine rings is 1. The van der Waals surface area contributed by atoms with Crippen LogP contribution in [0.1, 0.15) is 48.7 Å². The molecule has 0 unspecified atom stereocenters. The van der Waals surface area contributed by atoms with Crippen LogP contribution >= 0.6 is 0 Å². The molecule has 0 atom stereocenters. The number of carbonyl (C=O) groups excluding carboxylic acids is 1. The van der Waals surface area contributed by atoms with E-state index in [2.05, 4.69) is 23.8 Å². The molecule has 7 nitrogen and oxygen atoms in total. The number of rotatable bonds is 6. The van der Waals surface area contributed by atoms with Crippen LogP contribution in [0.3, 0.4) is 0 Å². The lowest BCUT2D eigenvalue weighted by Gasteiger charge is -2.33. The molecule has 172 valence electrons. The molecule has 0 spiro atoms. The molecule has 3 heterocycles. The maximum absolute atomic E-state index is 12.8. The highest BCUT2D eigenvalue weighted by Crippen LogP contribution is 2.31. The van der Waals surface area contributed by atoms with E-state index in [-0.39, 0.29) is 5.91 Å². The van der Waals surface area contributed by atoms with Crippen molar-refractivity contribution in [3.8, 4) is 5.75 Å². The van der Waals surface area contributed by atoms with E-state index in [1.807, 2.05) is 36.2 Å². The van der Waals surface area contributed by atoms with Crippen LogP contribution in [0, 0.1) is 6.92 Å². The zero-order valence-electron chi connectivity index (χ0n) is 19.8. The van der Waals surface area contributed by atoms with Crippen LogP contribution in [0.15, 0.2) is 24.3 Å². The first kappa shape index (κ1) is 22.4. The molecule has 2 aromatic rings. The summed E-state index contributed by atoms with van der Waals surface area (Å²) in [7, 11) is 5.81. The van der Waals surface area contributed by atoms with Gasteiger partial charge in [-0.2, -0.15) is 0 Å². The molecule has 2 aliphatic rings. The summed E-state index contributed by atoms with van der Waals surface area (Å²) in [6.45, 7) is 5.41. The Labute approximate surface area is 191 Å². The molecule has 1 saturated heterocycles. The standard InChI is InChI=1S/C25H35N5O2/c1-18-22-9-6-13-29(3)25(22)27-24(26-18)19-10-15-30(16-11-19)23(31)12-14-28(2)20-7-5-8-21(17-20)32-4/h5,7-8,17,19H,6,9-16H2,1-4H3. The quantitative estimate of drug-likeness (QED) is 0.690. The second-order valence-electron chi connectivity index (χ2n) is 9.02. The lowest BCUT2D eigenvalue weighted by molar-refractivity contribution is -0.132. The SMILES string of the molecule is COc1cccc(N(C)CCC(=O)N2CCC(c3nc(C)c4c(n3)N(C)CCC4)CC2)c1. The van der Waals surface area contributed by atoms with Gasteiger partial charge in [-0.3, -0.25) is 4.79 Å². The number of aryl methyl sites for hydroxylation is 1. The first-order valence-corrected chi connectivity index (χ1v) is 11.7. The third-order valence-corrected chi connectivity index (χ3v) is 6.86. The smallest absolute Gasteiger partial charge is 0.224 e. The van der Waals surface area contributed by atoms with E-state index in [0.29, 0.717) is 18.9 Å². The molecule has 0 bridgehead atoms. The monoisotopic (exact) mass is 437 g/mol. The van der Waals surface area contributed by atoms with Gasteiger partial charge in [-0.25, -0.2) is 9.97 Å². The molecule has 2 aliphatic heterocycles. The Morgan fingerprint density at radius 3 is 2.75 bits per heavy atom. The predicted octanol–water partition coefficient (Wildman–Crippen LogP) is 3.41. The van der Waals surface area contributed by atoms with Crippen LogP contribution < -0.4 is 14.5 Å². The van der Waals surface area contributed by atoms with Crippen molar-refractivity contribution in [2.24, 2.45) is 0 Å². The lowest BCUT2D eigenvalue weighted by Crippen LogP contribution is -2.39. The Kier molecular flexibility index (Phi) is 6.82. The van der Waals surface area contributed by atoms with Gasteiger partial charge in [0.25, 0.3) is 0 Å². The van der Waals surface area contributed by atoms with Gasteiger partial charge in [0.15, 0.2) is 0 Å². The number of hydrogen-bond donors (Lipinski definition) is 0. The Bertz CT molecular complexity index is 955. The number of fused-ring (bicyclic) bond motifs is 1. The third-order valence-electron chi connectivity index (χ3n) is 6.86. The van der Waals surface area contributed by atoms with Crippen LogP contribution in [-0.2, 0) is 11.2 Å². The largest absolute Gasteiger partial charge is 0.497 e. The van der Waals surface area contributed by atoms with Gasteiger partial charge in [0.05, 0.1) is 7.11 Å². The number of anilines is 2. The molecule has 0 radical (unpaired) electrons. The Balaban J connectivity index is 1.31. The Morgan fingerprint density at radius 2 is 2.00 bits per heavy atom. The molecule has 0 saturated carbocycles. The minimum absolute atomic E-state index is 0.223. The molecule has 32 heavy (non-hydrogen) atoms. The van der Waals surface area contributed by atoms with E-state index in [9.17, 15) is 4.79 Å². The lowest BCUT2D eigenvalue weighted by atomic mass is 9.94. The first-order chi connectivity index (χ1) is 15.5. The highest BCUT2D eigenvalue weighted by atomic mass is 16.5. The molecular weight excluding hydrogens is 402 g/mol. The van der Waals surface area contributed by atoms with Gasteiger partial charge in [0.1, 0.15) is 17.4 Å². The van der Waals surface area contributed by atoms with E-state index < -0.39 is 0 Å². The van der Waals surface area contributed by atoms with Gasteiger partial charge >= 0.3 is 0 Å². The van der Waals surface area contributed by atoms with Crippen molar-refractivity contribution in [3.05, 3.63) is 41.3 Å². The van der Waals surface area contributed by atoms with Gasteiger partial charge in [0.2, 0.25) is 5.91 Å². The highest BCUT2D eigenvalue weighted by Gasteiger charge is 2.28. The second kappa shape index (κ2) is 9.76. The summed E-state index contributed by atoms with van der Waals surface area (Å²) in [5.74, 6) is 3.45. The number of likely N-dealkylation sites (tertiary alicyclic amines) is 1. The predicted molar refractivity (Wildman–Crippen MR) is 128 cm³/mol. The third kappa shape index (κ3) is 4.81. The van der Waals surface area contributed by atoms with Gasteiger partial charge in [-0.15, -0.1) is 0 Å². The van der Waals surface area contributed by atoms with E-state index >= 15 is 0 Å². The minimum atomic E-state index is 0.223. The molecule has 0 aliphatic carbocycles. The van der Waals surface area contributed by atoms with Crippen LogP contribution in [0.4, 0.5) is 11.5 Å². The molecule has 7 heteroatoms. The molecule has 0 N–H and O–H groups in total. The average Bonchev–Trinajstić information content (AvgIpc) is 2.83. The maximum Gasteiger partial charge on any atom is 0.224 e. The number of carbonyl (C=O) groups is 1. The maximum atomic E-state index is 12.8. The number of hydrogen-bond acceptors (Lipinski definition) is 6. The molecule has 1 amide bonds. The van der Waals surface area contributed by atoms with E-state index in [1.54, 1.807) is 7.11 Å². The van der Waals surface area contributed by atoms with Crippen molar-refractivity contribution in [1.82, 2.24) is 14.9 Å². The number of amides is 1. The average molecular weight is 438 g/mol. The van der Waals surface area contributed by atoms with Crippen LogP contribution in [-0.4, -0.2) is 68.2 Å². The normalized spacial score (nSPS) is 16.6. The summed E-state index contributed by atoms with van der Waals surface area (Å²) in [5.41, 5.74) is 3.48. The topological polar surface area (TPSA) is 61.8 Å². The summed E-state index contributed by atoms with van der Waals surface area (Å²) in [5, 5.41) is 0. The van der Waals surface area contributed by atoms with Crippen LogP contribution in [0.2, 0.25) is 0 Å². The summed E-state index contributed by atoms with van der Waals surface area (Å²) in [4.78, 5) is 29.0. The number of ether oxygens (including phenoxy) is 1. The van der Waals surface area contributed by atoms with E-state index in [1.165, 1.54) is 12.0 Å². The zero-order chi connectivity index (χ0) is 22.7. The number of benzene rings is 1. The van der Waals surface area contributed by atoms with Crippen molar-refractivity contribution in [2.75, 3.05) is 57.2 Å². The molecular formula is C25H35N5O2.